The molecule has 0 aromatic rings. The Balaban J connectivity index is 3.40. The second kappa shape index (κ2) is 14.4. The lowest BCUT2D eigenvalue weighted by Crippen LogP contribution is -2.04. The highest BCUT2D eigenvalue weighted by Crippen LogP contribution is 2.22. The van der Waals surface area contributed by atoms with Gasteiger partial charge < -0.3 is 4.74 Å². The second-order valence-electron chi connectivity index (χ2n) is 6.82. The van der Waals surface area contributed by atoms with Gasteiger partial charge in [0, 0.05) is 6.42 Å². The first-order chi connectivity index (χ1) is 10.1. The predicted molar refractivity (Wildman–Crippen MR) is 91.4 cm³/mol. The van der Waals surface area contributed by atoms with Crippen molar-refractivity contribution in [1.82, 2.24) is 0 Å². The van der Waals surface area contributed by atoms with Crippen LogP contribution in [-0.4, -0.2) is 13.1 Å². The van der Waals surface area contributed by atoms with E-state index >= 15 is 0 Å². The zero-order chi connectivity index (χ0) is 15.9. The molecule has 0 aromatic carbocycles. The molecular weight excluding hydrogens is 260 g/mol. The summed E-state index contributed by atoms with van der Waals surface area (Å²) in [7, 11) is 1.47. The van der Waals surface area contributed by atoms with Gasteiger partial charge in [-0.25, -0.2) is 0 Å². The summed E-state index contributed by atoms with van der Waals surface area (Å²) in [5.74, 6) is 1.67. The van der Waals surface area contributed by atoms with Crippen LogP contribution in [0.15, 0.2) is 0 Å². The van der Waals surface area contributed by atoms with Gasteiger partial charge in [-0.3, -0.25) is 4.79 Å². The standard InChI is InChI=1S/C19H38O2/c1-5-6-7-10-13-17(2)16-18(3)14-11-8-9-12-15-19(20)21-4/h17-18H,5-16H2,1-4H3. The van der Waals surface area contributed by atoms with Crippen molar-refractivity contribution in [3.8, 4) is 0 Å². The molecule has 0 aliphatic heterocycles. The average molecular weight is 299 g/mol. The number of hydrogen-bond acceptors (Lipinski definition) is 2. The van der Waals surface area contributed by atoms with Crippen LogP contribution in [0.5, 0.6) is 0 Å². The third-order valence-corrected chi connectivity index (χ3v) is 4.41. The maximum atomic E-state index is 11.0. The molecule has 126 valence electrons. The van der Waals surface area contributed by atoms with Crippen LogP contribution in [0.3, 0.4) is 0 Å². The SMILES string of the molecule is CCCCCCC(C)CC(C)CCCCCCC(=O)OC. The molecule has 2 nitrogen and oxygen atoms in total. The Hall–Kier alpha value is -0.530. The Kier molecular flexibility index (Phi) is 14.0. The van der Waals surface area contributed by atoms with Crippen LogP contribution >= 0.6 is 0 Å². The highest BCUT2D eigenvalue weighted by Gasteiger charge is 2.08. The molecule has 21 heavy (non-hydrogen) atoms. The Morgan fingerprint density at radius 1 is 0.857 bits per heavy atom. The van der Waals surface area contributed by atoms with Gasteiger partial charge in [0.2, 0.25) is 0 Å². The molecule has 0 fully saturated rings. The smallest absolute Gasteiger partial charge is 0.305 e. The molecule has 0 saturated carbocycles. The van der Waals surface area contributed by atoms with E-state index in [0.717, 1.165) is 24.7 Å². The number of esters is 1. The molecule has 0 N–H and O–H groups in total. The minimum atomic E-state index is -0.0692. The zero-order valence-electron chi connectivity index (χ0n) is 15.0. The fourth-order valence-electron chi connectivity index (χ4n) is 3.06. The van der Waals surface area contributed by atoms with E-state index in [1.807, 2.05) is 0 Å². The van der Waals surface area contributed by atoms with Crippen LogP contribution < -0.4 is 0 Å². The molecule has 0 aliphatic carbocycles. The van der Waals surface area contributed by atoms with Crippen molar-refractivity contribution in [1.29, 1.82) is 0 Å². The van der Waals surface area contributed by atoms with E-state index in [4.69, 9.17) is 0 Å². The van der Waals surface area contributed by atoms with E-state index in [1.54, 1.807) is 0 Å². The number of rotatable bonds is 14. The van der Waals surface area contributed by atoms with Crippen molar-refractivity contribution in [2.75, 3.05) is 7.11 Å². The number of methoxy groups -OCH3 is 1. The number of unbranched alkanes of at least 4 members (excludes halogenated alkanes) is 6. The molecule has 0 rings (SSSR count). The van der Waals surface area contributed by atoms with Crippen molar-refractivity contribution < 1.29 is 9.53 Å². The van der Waals surface area contributed by atoms with Crippen LogP contribution in [-0.2, 0) is 9.53 Å². The van der Waals surface area contributed by atoms with Gasteiger partial charge in [-0.1, -0.05) is 78.6 Å². The molecule has 0 radical (unpaired) electrons. The fraction of sp³-hybridized carbons (Fsp3) is 0.947. The number of ether oxygens (including phenoxy) is 1. The summed E-state index contributed by atoms with van der Waals surface area (Å²) in [6.45, 7) is 7.09. The van der Waals surface area contributed by atoms with Crippen LogP contribution in [0, 0.1) is 11.8 Å². The topological polar surface area (TPSA) is 26.3 Å². The van der Waals surface area contributed by atoms with Gasteiger partial charge in [0.25, 0.3) is 0 Å². The maximum Gasteiger partial charge on any atom is 0.305 e. The molecule has 0 aromatic heterocycles. The van der Waals surface area contributed by atoms with Crippen LogP contribution in [0.25, 0.3) is 0 Å². The van der Waals surface area contributed by atoms with Crippen LogP contribution in [0.4, 0.5) is 0 Å². The lowest BCUT2D eigenvalue weighted by Gasteiger charge is -2.17. The van der Waals surface area contributed by atoms with Crippen molar-refractivity contribution in [2.45, 2.75) is 97.8 Å². The first-order valence-electron chi connectivity index (χ1n) is 9.16. The van der Waals surface area contributed by atoms with Crippen LogP contribution in [0.1, 0.15) is 97.8 Å². The van der Waals surface area contributed by atoms with E-state index in [-0.39, 0.29) is 5.97 Å². The molecule has 0 saturated heterocycles. The molecule has 2 atom stereocenters. The monoisotopic (exact) mass is 298 g/mol. The van der Waals surface area contributed by atoms with E-state index in [0.29, 0.717) is 6.42 Å². The molecule has 2 heteroatoms. The quantitative estimate of drug-likeness (QED) is 0.285. The second-order valence-corrected chi connectivity index (χ2v) is 6.82. The minimum absolute atomic E-state index is 0.0692. The van der Waals surface area contributed by atoms with Gasteiger partial charge in [-0.2, -0.15) is 0 Å². The number of hydrogen-bond donors (Lipinski definition) is 0. The fourth-order valence-corrected chi connectivity index (χ4v) is 3.06. The largest absolute Gasteiger partial charge is 0.469 e. The highest BCUT2D eigenvalue weighted by atomic mass is 16.5. The lowest BCUT2D eigenvalue weighted by atomic mass is 9.89. The van der Waals surface area contributed by atoms with Crippen molar-refractivity contribution in [2.24, 2.45) is 11.8 Å². The lowest BCUT2D eigenvalue weighted by molar-refractivity contribution is -0.140. The van der Waals surface area contributed by atoms with Gasteiger partial charge in [-0.05, 0) is 24.7 Å². The van der Waals surface area contributed by atoms with Crippen molar-refractivity contribution in [3.63, 3.8) is 0 Å². The number of carbonyl (C=O) groups excluding carboxylic acids is 1. The van der Waals surface area contributed by atoms with E-state index < -0.39 is 0 Å². The molecule has 0 aliphatic rings. The Morgan fingerprint density at radius 3 is 1.90 bits per heavy atom. The third kappa shape index (κ3) is 14.2. The van der Waals surface area contributed by atoms with Gasteiger partial charge in [0.1, 0.15) is 0 Å². The molecular formula is C19H38O2. The van der Waals surface area contributed by atoms with Crippen molar-refractivity contribution in [3.05, 3.63) is 0 Å². The van der Waals surface area contributed by atoms with Gasteiger partial charge in [-0.15, -0.1) is 0 Å². The number of carbonyl (C=O) groups is 1. The summed E-state index contributed by atoms with van der Waals surface area (Å²) < 4.78 is 4.65. The normalized spacial score (nSPS) is 13.9. The summed E-state index contributed by atoms with van der Waals surface area (Å²) in [4.78, 5) is 11.0. The average Bonchev–Trinajstić information content (AvgIpc) is 2.46. The van der Waals surface area contributed by atoms with Crippen molar-refractivity contribution >= 4 is 5.97 Å². The van der Waals surface area contributed by atoms with Gasteiger partial charge in [0.05, 0.1) is 7.11 Å². The summed E-state index contributed by atoms with van der Waals surface area (Å²) in [5, 5.41) is 0. The summed E-state index contributed by atoms with van der Waals surface area (Å²) in [5.41, 5.74) is 0. The van der Waals surface area contributed by atoms with E-state index in [1.165, 1.54) is 64.9 Å². The summed E-state index contributed by atoms with van der Waals surface area (Å²) >= 11 is 0. The van der Waals surface area contributed by atoms with Gasteiger partial charge in [0.15, 0.2) is 0 Å². The Bertz CT molecular complexity index is 238. The molecule has 0 heterocycles. The minimum Gasteiger partial charge on any atom is -0.469 e. The maximum absolute atomic E-state index is 11.0. The van der Waals surface area contributed by atoms with Crippen LogP contribution in [0.2, 0.25) is 0 Å². The predicted octanol–water partition coefficient (Wildman–Crippen LogP) is 6.13. The van der Waals surface area contributed by atoms with E-state index in [2.05, 4.69) is 25.5 Å². The molecule has 0 spiro atoms. The molecule has 0 bridgehead atoms. The Morgan fingerprint density at radius 2 is 1.38 bits per heavy atom. The highest BCUT2D eigenvalue weighted by molar-refractivity contribution is 5.68. The summed E-state index contributed by atoms with van der Waals surface area (Å²) in [6.07, 6.45) is 15.0. The van der Waals surface area contributed by atoms with Gasteiger partial charge >= 0.3 is 5.97 Å². The Labute approximate surface area is 133 Å². The molecule has 0 amide bonds. The zero-order valence-corrected chi connectivity index (χ0v) is 15.0. The first kappa shape index (κ1) is 20.5. The van der Waals surface area contributed by atoms with E-state index in [9.17, 15) is 4.79 Å². The summed E-state index contributed by atoms with van der Waals surface area (Å²) in [6, 6.07) is 0. The first-order valence-corrected chi connectivity index (χ1v) is 9.16. The third-order valence-electron chi connectivity index (χ3n) is 4.41. The molecule has 2 unspecified atom stereocenters.